The van der Waals surface area contributed by atoms with Crippen molar-refractivity contribution < 1.29 is 9.47 Å². The van der Waals surface area contributed by atoms with Crippen molar-refractivity contribution in [1.82, 2.24) is 9.55 Å². The molecule has 0 amide bonds. The van der Waals surface area contributed by atoms with E-state index in [0.717, 1.165) is 41.3 Å². The molecule has 2 aromatic rings. The number of halogens is 1. The number of hydrogen-bond acceptors (Lipinski definition) is 3. The van der Waals surface area contributed by atoms with Crippen LogP contribution in [0.15, 0.2) is 28.9 Å². The Kier molecular flexibility index (Phi) is 3.81. The third kappa shape index (κ3) is 2.47. The number of methoxy groups -OCH3 is 1. The van der Waals surface area contributed by atoms with Crippen molar-refractivity contribution in [2.75, 3.05) is 13.7 Å². The summed E-state index contributed by atoms with van der Waals surface area (Å²) in [7, 11) is 1.67. The first kappa shape index (κ1) is 13.6. The van der Waals surface area contributed by atoms with Crippen LogP contribution in [-0.2, 0) is 17.7 Å². The molecule has 1 unspecified atom stereocenters. The highest BCUT2D eigenvalue weighted by Crippen LogP contribution is 2.29. The lowest BCUT2D eigenvalue weighted by Crippen LogP contribution is -2.14. The molecule has 20 heavy (non-hydrogen) atoms. The molecule has 0 fully saturated rings. The predicted molar refractivity (Wildman–Crippen MR) is 81.0 cm³/mol. The normalized spacial score (nSPS) is 18.4. The van der Waals surface area contributed by atoms with Crippen LogP contribution in [0.4, 0.5) is 0 Å². The number of benzene rings is 1. The van der Waals surface area contributed by atoms with Crippen molar-refractivity contribution >= 4 is 15.9 Å². The third-order valence-electron chi connectivity index (χ3n) is 3.55. The second-order valence-corrected chi connectivity index (χ2v) is 5.69. The monoisotopic (exact) mass is 336 g/mol. The van der Waals surface area contributed by atoms with Gasteiger partial charge >= 0.3 is 0 Å². The summed E-state index contributed by atoms with van der Waals surface area (Å²) in [4.78, 5) is 4.68. The van der Waals surface area contributed by atoms with E-state index in [-0.39, 0.29) is 6.10 Å². The average molecular weight is 337 g/mol. The number of hydrogen-bond donors (Lipinski definition) is 0. The van der Waals surface area contributed by atoms with Gasteiger partial charge in [0.1, 0.15) is 16.2 Å². The SMILES string of the molecule is COc1ccc(-c2nc(Br)c3n2CC(C)OCC3)cc1. The molecule has 0 radical (unpaired) electrons. The number of nitrogens with zero attached hydrogens (tertiary/aromatic N) is 2. The van der Waals surface area contributed by atoms with Crippen LogP contribution in [-0.4, -0.2) is 29.4 Å². The fourth-order valence-electron chi connectivity index (χ4n) is 2.52. The summed E-state index contributed by atoms with van der Waals surface area (Å²) in [6, 6.07) is 8.00. The van der Waals surface area contributed by atoms with E-state index in [9.17, 15) is 0 Å². The van der Waals surface area contributed by atoms with Crippen molar-refractivity contribution in [3.8, 4) is 17.1 Å². The first-order valence-electron chi connectivity index (χ1n) is 6.70. The largest absolute Gasteiger partial charge is 0.497 e. The topological polar surface area (TPSA) is 36.3 Å². The van der Waals surface area contributed by atoms with Crippen molar-refractivity contribution in [2.24, 2.45) is 0 Å². The van der Waals surface area contributed by atoms with Crippen LogP contribution in [0.2, 0.25) is 0 Å². The van der Waals surface area contributed by atoms with Gasteiger partial charge in [-0.3, -0.25) is 0 Å². The maximum atomic E-state index is 5.74. The predicted octanol–water partition coefficient (Wildman–Crippen LogP) is 3.28. The van der Waals surface area contributed by atoms with E-state index in [0.29, 0.717) is 0 Å². The summed E-state index contributed by atoms with van der Waals surface area (Å²) < 4.78 is 14.1. The zero-order valence-electron chi connectivity index (χ0n) is 11.6. The van der Waals surface area contributed by atoms with Gasteiger partial charge in [0, 0.05) is 12.0 Å². The molecule has 106 valence electrons. The van der Waals surface area contributed by atoms with Crippen LogP contribution >= 0.6 is 15.9 Å². The van der Waals surface area contributed by atoms with Gasteiger partial charge in [0.05, 0.1) is 32.1 Å². The summed E-state index contributed by atoms with van der Waals surface area (Å²) in [6.45, 7) is 3.67. The first-order valence-corrected chi connectivity index (χ1v) is 7.49. The maximum absolute atomic E-state index is 5.74. The highest BCUT2D eigenvalue weighted by molar-refractivity contribution is 9.10. The molecule has 1 atom stereocenters. The van der Waals surface area contributed by atoms with Gasteiger partial charge < -0.3 is 14.0 Å². The quantitative estimate of drug-likeness (QED) is 0.844. The van der Waals surface area contributed by atoms with Gasteiger partial charge in [-0.15, -0.1) is 0 Å². The van der Waals surface area contributed by atoms with E-state index in [4.69, 9.17) is 9.47 Å². The number of fused-ring (bicyclic) bond motifs is 1. The van der Waals surface area contributed by atoms with Gasteiger partial charge in [-0.05, 0) is 47.1 Å². The minimum absolute atomic E-state index is 0.203. The van der Waals surface area contributed by atoms with Crippen LogP contribution in [0.5, 0.6) is 5.75 Å². The standard InChI is InChI=1S/C15H17BrN2O2/c1-10-9-18-13(7-8-20-10)14(16)17-15(18)11-3-5-12(19-2)6-4-11/h3-6,10H,7-9H2,1-2H3. The van der Waals surface area contributed by atoms with Crippen LogP contribution in [0, 0.1) is 0 Å². The lowest BCUT2D eigenvalue weighted by atomic mass is 10.2. The summed E-state index contributed by atoms with van der Waals surface area (Å²) >= 11 is 3.57. The van der Waals surface area contributed by atoms with Gasteiger partial charge in [0.2, 0.25) is 0 Å². The molecule has 0 N–H and O–H groups in total. The minimum atomic E-state index is 0.203. The van der Waals surface area contributed by atoms with Crippen molar-refractivity contribution in [3.05, 3.63) is 34.6 Å². The second kappa shape index (κ2) is 5.58. The molecule has 2 heterocycles. The fraction of sp³-hybridized carbons (Fsp3) is 0.400. The zero-order valence-corrected chi connectivity index (χ0v) is 13.2. The van der Waals surface area contributed by atoms with Crippen molar-refractivity contribution in [3.63, 3.8) is 0 Å². The van der Waals surface area contributed by atoms with Gasteiger partial charge in [0.25, 0.3) is 0 Å². The Hall–Kier alpha value is -1.33. The average Bonchev–Trinajstić information content (AvgIpc) is 2.64. The van der Waals surface area contributed by atoms with Gasteiger partial charge in [-0.25, -0.2) is 4.98 Å². The third-order valence-corrected chi connectivity index (χ3v) is 4.19. The lowest BCUT2D eigenvalue weighted by molar-refractivity contribution is 0.0666. The van der Waals surface area contributed by atoms with Crippen LogP contribution in [0.3, 0.4) is 0 Å². The van der Waals surface area contributed by atoms with Gasteiger partial charge in [0.15, 0.2) is 0 Å². The van der Waals surface area contributed by atoms with Crippen LogP contribution in [0.25, 0.3) is 11.4 Å². The maximum Gasteiger partial charge on any atom is 0.141 e. The molecule has 0 saturated carbocycles. The van der Waals surface area contributed by atoms with E-state index in [1.165, 1.54) is 5.69 Å². The summed E-state index contributed by atoms with van der Waals surface area (Å²) in [6.07, 6.45) is 1.09. The Bertz CT molecular complexity index is 607. The molecule has 0 spiro atoms. The Balaban J connectivity index is 2.05. The molecule has 1 aromatic heterocycles. The van der Waals surface area contributed by atoms with Gasteiger partial charge in [-0.2, -0.15) is 0 Å². The number of aromatic nitrogens is 2. The molecular weight excluding hydrogens is 320 g/mol. The summed E-state index contributed by atoms with van der Waals surface area (Å²) in [5.74, 6) is 1.83. The van der Waals surface area contributed by atoms with Crippen molar-refractivity contribution in [1.29, 1.82) is 0 Å². The molecule has 4 nitrogen and oxygen atoms in total. The van der Waals surface area contributed by atoms with E-state index in [2.05, 4.69) is 32.4 Å². The Morgan fingerprint density at radius 1 is 1.35 bits per heavy atom. The van der Waals surface area contributed by atoms with E-state index in [1.807, 2.05) is 24.3 Å². The van der Waals surface area contributed by atoms with E-state index < -0.39 is 0 Å². The molecule has 1 aromatic carbocycles. The number of imidazole rings is 1. The molecule has 3 rings (SSSR count). The lowest BCUT2D eigenvalue weighted by Gasteiger charge is -2.12. The molecule has 0 aliphatic carbocycles. The minimum Gasteiger partial charge on any atom is -0.497 e. The molecule has 1 aliphatic heterocycles. The first-order chi connectivity index (χ1) is 9.69. The van der Waals surface area contributed by atoms with Crippen LogP contribution in [0.1, 0.15) is 12.6 Å². The Labute approximate surface area is 126 Å². The zero-order chi connectivity index (χ0) is 14.1. The number of rotatable bonds is 2. The second-order valence-electron chi connectivity index (χ2n) is 4.94. The summed E-state index contributed by atoms with van der Waals surface area (Å²) in [5, 5.41) is 0. The molecule has 1 aliphatic rings. The van der Waals surface area contributed by atoms with E-state index >= 15 is 0 Å². The van der Waals surface area contributed by atoms with Crippen molar-refractivity contribution in [2.45, 2.75) is 26.0 Å². The molecular formula is C15H17BrN2O2. The molecule has 0 bridgehead atoms. The van der Waals surface area contributed by atoms with Crippen LogP contribution < -0.4 is 4.74 Å². The molecule has 5 heteroatoms. The molecule has 0 saturated heterocycles. The van der Waals surface area contributed by atoms with Gasteiger partial charge in [-0.1, -0.05) is 0 Å². The fourth-order valence-corrected chi connectivity index (χ4v) is 3.10. The Morgan fingerprint density at radius 3 is 2.80 bits per heavy atom. The number of ether oxygens (including phenoxy) is 2. The van der Waals surface area contributed by atoms with E-state index in [1.54, 1.807) is 7.11 Å². The highest BCUT2D eigenvalue weighted by Gasteiger charge is 2.21. The highest BCUT2D eigenvalue weighted by atomic mass is 79.9. The smallest absolute Gasteiger partial charge is 0.141 e. The Morgan fingerprint density at radius 2 is 2.10 bits per heavy atom. The summed E-state index contributed by atoms with van der Waals surface area (Å²) in [5.41, 5.74) is 2.30.